The molecule has 1 N–H and O–H groups in total. The maximum Gasteiger partial charge on any atom is 0.142 e. The number of nitrogens with zero attached hydrogens (tertiary/aromatic N) is 3. The Morgan fingerprint density at radius 1 is 1.14 bits per heavy atom. The maximum absolute atomic E-state index is 8.91. The van der Waals surface area contributed by atoms with Crippen LogP contribution in [0.4, 0.5) is 11.5 Å². The molecule has 0 spiro atoms. The number of anilines is 2. The lowest BCUT2D eigenvalue weighted by molar-refractivity contribution is 0.529. The molecule has 106 valence electrons. The SMILES string of the molecule is N#Cc1cccc(NC2CCCN(c3ccccc3)C2)n1. The van der Waals surface area contributed by atoms with Crippen LogP contribution in [0, 0.1) is 11.3 Å². The van der Waals surface area contributed by atoms with Crippen molar-refractivity contribution in [3.05, 3.63) is 54.2 Å². The number of rotatable bonds is 3. The van der Waals surface area contributed by atoms with Crippen LogP contribution in [0.5, 0.6) is 0 Å². The molecular formula is C17H18N4. The van der Waals surface area contributed by atoms with Gasteiger partial charge in [-0.1, -0.05) is 24.3 Å². The lowest BCUT2D eigenvalue weighted by atomic mass is 10.0. The minimum absolute atomic E-state index is 0.361. The molecular weight excluding hydrogens is 260 g/mol. The fourth-order valence-electron chi connectivity index (χ4n) is 2.75. The Morgan fingerprint density at radius 3 is 2.81 bits per heavy atom. The molecule has 1 saturated heterocycles. The lowest BCUT2D eigenvalue weighted by Gasteiger charge is -2.35. The summed E-state index contributed by atoms with van der Waals surface area (Å²) < 4.78 is 0. The first-order valence-corrected chi connectivity index (χ1v) is 7.29. The van der Waals surface area contributed by atoms with Crippen molar-refractivity contribution < 1.29 is 0 Å². The molecule has 0 saturated carbocycles. The van der Waals surface area contributed by atoms with Gasteiger partial charge in [0.2, 0.25) is 0 Å². The Bertz CT molecular complexity index is 633. The highest BCUT2D eigenvalue weighted by molar-refractivity contribution is 5.48. The number of hydrogen-bond acceptors (Lipinski definition) is 4. The molecule has 2 aromatic rings. The minimum atomic E-state index is 0.361. The number of piperidine rings is 1. The lowest BCUT2D eigenvalue weighted by Crippen LogP contribution is -2.42. The quantitative estimate of drug-likeness (QED) is 0.937. The van der Waals surface area contributed by atoms with Crippen LogP contribution in [0.2, 0.25) is 0 Å². The summed E-state index contributed by atoms with van der Waals surface area (Å²) in [6.07, 6.45) is 2.28. The van der Waals surface area contributed by atoms with E-state index in [1.54, 1.807) is 6.07 Å². The zero-order valence-electron chi connectivity index (χ0n) is 11.9. The molecule has 1 aromatic carbocycles. The van der Waals surface area contributed by atoms with E-state index in [-0.39, 0.29) is 0 Å². The van der Waals surface area contributed by atoms with Crippen LogP contribution in [-0.2, 0) is 0 Å². The molecule has 0 amide bonds. The van der Waals surface area contributed by atoms with Gasteiger partial charge in [0.05, 0.1) is 0 Å². The van der Waals surface area contributed by atoms with Gasteiger partial charge in [-0.05, 0) is 37.1 Å². The molecule has 21 heavy (non-hydrogen) atoms. The van der Waals surface area contributed by atoms with Crippen molar-refractivity contribution in [2.45, 2.75) is 18.9 Å². The number of hydrogen-bond donors (Lipinski definition) is 1. The number of benzene rings is 1. The van der Waals surface area contributed by atoms with Gasteiger partial charge in [0.15, 0.2) is 0 Å². The summed E-state index contributed by atoms with van der Waals surface area (Å²) in [6, 6.07) is 18.4. The number of pyridine rings is 1. The normalized spacial score (nSPS) is 18.0. The Morgan fingerprint density at radius 2 is 2.00 bits per heavy atom. The van der Waals surface area contributed by atoms with E-state index in [2.05, 4.69) is 45.5 Å². The molecule has 1 fully saturated rings. The summed E-state index contributed by atoms with van der Waals surface area (Å²) in [5.74, 6) is 0.786. The number of para-hydroxylation sites is 1. The van der Waals surface area contributed by atoms with Gasteiger partial charge in [0.25, 0.3) is 0 Å². The van der Waals surface area contributed by atoms with Crippen LogP contribution in [0.1, 0.15) is 18.5 Å². The highest BCUT2D eigenvalue weighted by Crippen LogP contribution is 2.21. The van der Waals surface area contributed by atoms with Gasteiger partial charge in [-0.25, -0.2) is 4.98 Å². The third-order valence-corrected chi connectivity index (χ3v) is 3.76. The van der Waals surface area contributed by atoms with Gasteiger partial charge in [-0.15, -0.1) is 0 Å². The number of nitrogens with one attached hydrogen (secondary N) is 1. The molecule has 4 heteroatoms. The summed E-state index contributed by atoms with van der Waals surface area (Å²) in [7, 11) is 0. The van der Waals surface area contributed by atoms with Crippen LogP contribution in [-0.4, -0.2) is 24.1 Å². The molecule has 2 heterocycles. The van der Waals surface area contributed by atoms with E-state index < -0.39 is 0 Å². The van der Waals surface area contributed by atoms with E-state index in [4.69, 9.17) is 5.26 Å². The summed E-state index contributed by atoms with van der Waals surface area (Å²) >= 11 is 0. The zero-order valence-corrected chi connectivity index (χ0v) is 11.9. The fraction of sp³-hybridized carbons (Fsp3) is 0.294. The van der Waals surface area contributed by atoms with Gasteiger partial charge in [0.1, 0.15) is 17.6 Å². The molecule has 1 aromatic heterocycles. The Kier molecular flexibility index (Phi) is 4.02. The molecule has 4 nitrogen and oxygen atoms in total. The van der Waals surface area contributed by atoms with E-state index in [1.165, 1.54) is 5.69 Å². The average Bonchev–Trinajstić information content (AvgIpc) is 2.56. The molecule has 1 atom stereocenters. The number of aromatic nitrogens is 1. The number of nitriles is 1. The summed E-state index contributed by atoms with van der Waals surface area (Å²) in [5, 5.41) is 12.4. The molecule has 1 aliphatic heterocycles. The third-order valence-electron chi connectivity index (χ3n) is 3.76. The highest BCUT2D eigenvalue weighted by Gasteiger charge is 2.20. The van der Waals surface area contributed by atoms with Gasteiger partial charge in [-0.3, -0.25) is 0 Å². The summed E-state index contributed by atoms with van der Waals surface area (Å²) in [4.78, 5) is 6.69. The largest absolute Gasteiger partial charge is 0.369 e. The van der Waals surface area contributed by atoms with Gasteiger partial charge in [0, 0.05) is 24.8 Å². The summed E-state index contributed by atoms with van der Waals surface area (Å²) in [6.45, 7) is 2.05. The van der Waals surface area contributed by atoms with Crippen LogP contribution in [0.15, 0.2) is 48.5 Å². The summed E-state index contributed by atoms with van der Waals surface area (Å²) in [5.41, 5.74) is 1.72. The Hall–Kier alpha value is -2.54. The van der Waals surface area contributed by atoms with Gasteiger partial charge in [-0.2, -0.15) is 5.26 Å². The van der Waals surface area contributed by atoms with Crippen molar-refractivity contribution >= 4 is 11.5 Å². The second kappa shape index (κ2) is 6.27. The molecule has 0 aliphatic carbocycles. The predicted molar refractivity (Wildman–Crippen MR) is 84.3 cm³/mol. The predicted octanol–water partition coefficient (Wildman–Crippen LogP) is 3.03. The molecule has 1 unspecified atom stereocenters. The highest BCUT2D eigenvalue weighted by atomic mass is 15.2. The molecule has 0 bridgehead atoms. The van der Waals surface area contributed by atoms with E-state index in [9.17, 15) is 0 Å². The zero-order chi connectivity index (χ0) is 14.5. The van der Waals surface area contributed by atoms with Crippen molar-refractivity contribution in [2.24, 2.45) is 0 Å². The van der Waals surface area contributed by atoms with E-state index in [0.717, 1.165) is 31.7 Å². The topological polar surface area (TPSA) is 52.0 Å². The second-order valence-electron chi connectivity index (χ2n) is 5.28. The van der Waals surface area contributed by atoms with Crippen molar-refractivity contribution in [3.8, 4) is 6.07 Å². The van der Waals surface area contributed by atoms with E-state index in [0.29, 0.717) is 11.7 Å². The molecule has 1 aliphatic rings. The minimum Gasteiger partial charge on any atom is -0.369 e. The van der Waals surface area contributed by atoms with Crippen molar-refractivity contribution in [3.63, 3.8) is 0 Å². The van der Waals surface area contributed by atoms with Crippen molar-refractivity contribution in [2.75, 3.05) is 23.3 Å². The third kappa shape index (κ3) is 3.32. The van der Waals surface area contributed by atoms with Crippen LogP contribution >= 0.6 is 0 Å². The first kappa shape index (κ1) is 13.4. The standard InChI is InChI=1S/C17H18N4/c18-12-14-6-4-10-17(19-14)20-15-7-5-11-21(13-15)16-8-2-1-3-9-16/h1-4,6,8-10,15H,5,7,11,13H2,(H,19,20). The second-order valence-corrected chi connectivity index (χ2v) is 5.28. The molecule has 0 radical (unpaired) electrons. The van der Waals surface area contributed by atoms with Crippen molar-refractivity contribution in [1.29, 1.82) is 5.26 Å². The fourth-order valence-corrected chi connectivity index (χ4v) is 2.75. The van der Waals surface area contributed by atoms with E-state index in [1.807, 2.05) is 18.2 Å². The monoisotopic (exact) mass is 278 g/mol. The van der Waals surface area contributed by atoms with Crippen LogP contribution < -0.4 is 10.2 Å². The molecule has 3 rings (SSSR count). The van der Waals surface area contributed by atoms with Crippen molar-refractivity contribution in [1.82, 2.24) is 4.98 Å². The van der Waals surface area contributed by atoms with Gasteiger partial charge < -0.3 is 10.2 Å². The average molecular weight is 278 g/mol. The Balaban J connectivity index is 1.68. The Labute approximate surface area is 125 Å². The maximum atomic E-state index is 8.91. The first-order chi connectivity index (χ1) is 10.3. The van der Waals surface area contributed by atoms with Crippen LogP contribution in [0.3, 0.4) is 0 Å². The first-order valence-electron chi connectivity index (χ1n) is 7.29. The van der Waals surface area contributed by atoms with Gasteiger partial charge >= 0.3 is 0 Å². The van der Waals surface area contributed by atoms with Crippen LogP contribution in [0.25, 0.3) is 0 Å². The smallest absolute Gasteiger partial charge is 0.142 e. The van der Waals surface area contributed by atoms with E-state index >= 15 is 0 Å².